The Morgan fingerprint density at radius 3 is 3.00 bits per heavy atom. The van der Waals surface area contributed by atoms with Gasteiger partial charge in [-0.1, -0.05) is 0 Å². The molecule has 8 nitrogen and oxygen atoms in total. The van der Waals surface area contributed by atoms with E-state index in [1.54, 1.807) is 0 Å². The number of hydrogen-bond donors (Lipinski definition) is 2. The van der Waals surface area contributed by atoms with E-state index in [4.69, 9.17) is 9.52 Å². The van der Waals surface area contributed by atoms with Crippen molar-refractivity contribution in [3.8, 4) is 0 Å². The second-order valence-corrected chi connectivity index (χ2v) is 3.28. The first-order valence-corrected chi connectivity index (χ1v) is 4.73. The Balaban J connectivity index is 2.48. The van der Waals surface area contributed by atoms with E-state index in [1.165, 1.54) is 19.1 Å². The van der Waals surface area contributed by atoms with Crippen LogP contribution in [0.4, 0.5) is 5.88 Å². The van der Waals surface area contributed by atoms with Gasteiger partial charge in [-0.15, -0.1) is 0 Å². The van der Waals surface area contributed by atoms with Crippen LogP contribution in [-0.4, -0.2) is 28.3 Å². The molecule has 1 rings (SSSR count). The van der Waals surface area contributed by atoms with Crippen LogP contribution in [0.1, 0.15) is 19.1 Å². The second kappa shape index (κ2) is 5.75. The molecule has 17 heavy (non-hydrogen) atoms. The van der Waals surface area contributed by atoms with Crippen molar-refractivity contribution >= 4 is 18.0 Å². The molecule has 0 aliphatic heterocycles. The number of nitro groups is 1. The van der Waals surface area contributed by atoms with E-state index >= 15 is 0 Å². The van der Waals surface area contributed by atoms with Gasteiger partial charge in [0.15, 0.2) is 5.76 Å². The minimum atomic E-state index is -0.755. The van der Waals surface area contributed by atoms with Gasteiger partial charge in [0.05, 0.1) is 24.8 Å². The molecule has 0 aliphatic rings. The summed E-state index contributed by atoms with van der Waals surface area (Å²) in [6, 6.07) is 2.53. The Bertz CT molecular complexity index is 438. The number of furan rings is 1. The summed E-state index contributed by atoms with van der Waals surface area (Å²) in [5, 5.41) is 22.7. The molecule has 0 aliphatic carbocycles. The quantitative estimate of drug-likeness (QED) is 0.439. The summed E-state index contributed by atoms with van der Waals surface area (Å²) in [4.78, 5) is 20.6. The van der Waals surface area contributed by atoms with Gasteiger partial charge in [0.2, 0.25) is 5.91 Å². The van der Waals surface area contributed by atoms with Gasteiger partial charge in [0.25, 0.3) is 0 Å². The summed E-state index contributed by atoms with van der Waals surface area (Å²) in [6.07, 6.45) is 0.303. The first-order chi connectivity index (χ1) is 7.99. The van der Waals surface area contributed by atoms with Gasteiger partial charge in [-0.25, -0.2) is 5.43 Å². The van der Waals surface area contributed by atoms with Gasteiger partial charge >= 0.3 is 5.88 Å². The highest BCUT2D eigenvalue weighted by atomic mass is 16.6. The molecule has 0 aromatic carbocycles. The van der Waals surface area contributed by atoms with Crippen LogP contribution >= 0.6 is 0 Å². The summed E-state index contributed by atoms with van der Waals surface area (Å²) >= 11 is 0. The molecule has 0 spiro atoms. The van der Waals surface area contributed by atoms with Gasteiger partial charge in [0, 0.05) is 0 Å². The fourth-order valence-corrected chi connectivity index (χ4v) is 0.992. The van der Waals surface area contributed by atoms with Crippen molar-refractivity contribution in [3.63, 3.8) is 0 Å². The lowest BCUT2D eigenvalue weighted by Gasteiger charge is -2.00. The number of carbonyl (C=O) groups excluding carboxylic acids is 1. The highest BCUT2D eigenvalue weighted by Gasteiger charge is 2.10. The van der Waals surface area contributed by atoms with Crippen LogP contribution in [0, 0.1) is 10.1 Å². The molecule has 1 heterocycles. The maximum absolute atomic E-state index is 11.0. The lowest BCUT2D eigenvalue weighted by atomic mass is 10.3. The highest BCUT2D eigenvalue weighted by Crippen LogP contribution is 2.13. The summed E-state index contributed by atoms with van der Waals surface area (Å²) in [5.74, 6) is -0.715. The van der Waals surface area contributed by atoms with Crippen LogP contribution in [-0.2, 0) is 4.79 Å². The van der Waals surface area contributed by atoms with E-state index in [2.05, 4.69) is 10.5 Å². The Kier molecular flexibility index (Phi) is 4.35. The van der Waals surface area contributed by atoms with Crippen LogP contribution in [0.2, 0.25) is 0 Å². The van der Waals surface area contributed by atoms with Crippen LogP contribution in [0.15, 0.2) is 21.7 Å². The Morgan fingerprint density at radius 1 is 1.76 bits per heavy atom. The van der Waals surface area contributed by atoms with Crippen LogP contribution in [0.3, 0.4) is 0 Å². The number of hydrazone groups is 1. The Morgan fingerprint density at radius 2 is 2.47 bits per heavy atom. The van der Waals surface area contributed by atoms with E-state index in [0.29, 0.717) is 0 Å². The minimum Gasteiger partial charge on any atom is -0.400 e. The molecule has 0 radical (unpaired) electrons. The maximum Gasteiger partial charge on any atom is 0.433 e. The number of hydrogen-bond acceptors (Lipinski definition) is 6. The van der Waals surface area contributed by atoms with Crippen molar-refractivity contribution in [2.75, 3.05) is 0 Å². The number of nitrogens with zero attached hydrogens (tertiary/aromatic N) is 2. The zero-order valence-corrected chi connectivity index (χ0v) is 8.99. The van der Waals surface area contributed by atoms with Gasteiger partial charge in [0.1, 0.15) is 4.92 Å². The maximum atomic E-state index is 11.0. The van der Waals surface area contributed by atoms with Gasteiger partial charge < -0.3 is 9.52 Å². The minimum absolute atomic E-state index is 0.0738. The lowest BCUT2D eigenvalue weighted by molar-refractivity contribution is -0.402. The van der Waals surface area contributed by atoms with Crippen molar-refractivity contribution in [1.29, 1.82) is 0 Å². The molecule has 1 unspecified atom stereocenters. The largest absolute Gasteiger partial charge is 0.433 e. The van der Waals surface area contributed by atoms with E-state index in [9.17, 15) is 14.9 Å². The van der Waals surface area contributed by atoms with Gasteiger partial charge in [-0.3, -0.25) is 14.9 Å². The molecule has 0 saturated carbocycles. The zero-order valence-electron chi connectivity index (χ0n) is 8.99. The summed E-state index contributed by atoms with van der Waals surface area (Å²) in [7, 11) is 0. The fraction of sp³-hybridized carbons (Fsp3) is 0.333. The predicted octanol–water partition coefficient (Wildman–Crippen LogP) is 0.409. The molecular weight excluding hydrogens is 230 g/mol. The van der Waals surface area contributed by atoms with Crippen molar-refractivity contribution < 1.29 is 19.2 Å². The molecule has 0 fully saturated rings. The second-order valence-electron chi connectivity index (χ2n) is 3.28. The van der Waals surface area contributed by atoms with Gasteiger partial charge in [-0.05, 0) is 13.0 Å². The molecule has 1 aromatic rings. The topological polar surface area (TPSA) is 118 Å². The third-order valence-corrected chi connectivity index (χ3v) is 1.65. The van der Waals surface area contributed by atoms with E-state index in [-0.39, 0.29) is 12.2 Å². The van der Waals surface area contributed by atoms with E-state index < -0.39 is 22.8 Å². The highest BCUT2D eigenvalue weighted by molar-refractivity contribution is 5.80. The fourth-order valence-electron chi connectivity index (χ4n) is 0.992. The normalized spacial score (nSPS) is 12.6. The molecular formula is C9H11N3O5. The Labute approximate surface area is 96.1 Å². The molecule has 8 heteroatoms. The number of amides is 1. The number of nitrogens with one attached hydrogen (secondary N) is 1. The first kappa shape index (κ1) is 12.8. The molecule has 0 saturated heterocycles. The van der Waals surface area contributed by atoms with Crippen molar-refractivity contribution in [2.24, 2.45) is 5.10 Å². The SMILES string of the molecule is CC(O)CC(=O)N/N=C/c1ccc([N+](=O)[O-])o1. The Hall–Kier alpha value is -2.22. The molecule has 1 amide bonds. The number of aliphatic hydroxyl groups excluding tert-OH is 1. The number of aliphatic hydroxyl groups is 1. The molecule has 92 valence electrons. The summed E-state index contributed by atoms with van der Waals surface area (Å²) in [5.41, 5.74) is 2.14. The lowest BCUT2D eigenvalue weighted by Crippen LogP contribution is -2.21. The first-order valence-electron chi connectivity index (χ1n) is 4.73. The van der Waals surface area contributed by atoms with Crippen molar-refractivity contribution in [1.82, 2.24) is 5.43 Å². The van der Waals surface area contributed by atoms with Crippen LogP contribution in [0.25, 0.3) is 0 Å². The van der Waals surface area contributed by atoms with Crippen molar-refractivity contribution in [2.45, 2.75) is 19.4 Å². The third kappa shape index (κ3) is 4.43. The smallest absolute Gasteiger partial charge is 0.400 e. The standard InChI is InChI=1S/C9H11N3O5/c1-6(13)4-8(14)11-10-5-7-2-3-9(17-7)12(15)16/h2-3,5-6,13H,4H2,1H3,(H,11,14)/b10-5+. The summed E-state index contributed by atoms with van der Waals surface area (Å²) < 4.78 is 4.76. The molecule has 2 N–H and O–H groups in total. The van der Waals surface area contributed by atoms with Gasteiger partial charge in [-0.2, -0.15) is 5.10 Å². The number of rotatable bonds is 5. The predicted molar refractivity (Wildman–Crippen MR) is 57.4 cm³/mol. The zero-order chi connectivity index (χ0) is 12.8. The average Bonchev–Trinajstić information content (AvgIpc) is 2.65. The monoisotopic (exact) mass is 241 g/mol. The molecule has 1 aromatic heterocycles. The number of carbonyl (C=O) groups is 1. The van der Waals surface area contributed by atoms with Crippen LogP contribution < -0.4 is 5.43 Å². The summed E-state index contributed by atoms with van der Waals surface area (Å²) in [6.45, 7) is 1.47. The molecule has 0 bridgehead atoms. The average molecular weight is 241 g/mol. The third-order valence-electron chi connectivity index (χ3n) is 1.65. The van der Waals surface area contributed by atoms with Crippen LogP contribution in [0.5, 0.6) is 0 Å². The van der Waals surface area contributed by atoms with E-state index in [1.807, 2.05) is 0 Å². The van der Waals surface area contributed by atoms with Crippen molar-refractivity contribution in [3.05, 3.63) is 28.0 Å². The van der Waals surface area contributed by atoms with E-state index in [0.717, 1.165) is 6.21 Å². The molecule has 1 atom stereocenters.